The number of unbranched alkanes of at least 4 members (excludes halogenated alkanes) is 8. The third-order valence-corrected chi connectivity index (χ3v) is 4.06. The highest BCUT2D eigenvalue weighted by Crippen LogP contribution is 2.25. The van der Waals surface area contributed by atoms with Crippen molar-refractivity contribution in [2.24, 2.45) is 0 Å². The van der Waals surface area contributed by atoms with Crippen molar-refractivity contribution in [3.8, 4) is 0 Å². The van der Waals surface area contributed by atoms with Gasteiger partial charge in [0.15, 0.2) is 0 Å². The molecule has 0 aromatic rings. The van der Waals surface area contributed by atoms with Gasteiger partial charge in [0.2, 0.25) is 5.79 Å². The van der Waals surface area contributed by atoms with Crippen LogP contribution >= 0.6 is 0 Å². The molecule has 0 aliphatic carbocycles. The largest absolute Gasteiger partial charge is 0.461 e. The van der Waals surface area contributed by atoms with Gasteiger partial charge < -0.3 is 14.6 Å². The monoisotopic (exact) mass is 326 g/mol. The van der Waals surface area contributed by atoms with E-state index >= 15 is 0 Å². The van der Waals surface area contributed by atoms with Gasteiger partial charge in [-0.05, 0) is 6.42 Å². The molecular formula is C18H30O5. The molecule has 0 aromatic carbocycles. The molecule has 1 aliphatic heterocycles. The zero-order valence-corrected chi connectivity index (χ0v) is 14.4. The predicted octanol–water partition coefficient (Wildman–Crippen LogP) is 3.64. The van der Waals surface area contributed by atoms with E-state index in [9.17, 15) is 14.7 Å². The predicted molar refractivity (Wildman–Crippen MR) is 87.6 cm³/mol. The van der Waals surface area contributed by atoms with Gasteiger partial charge in [0.25, 0.3) is 0 Å². The topological polar surface area (TPSA) is 72.8 Å². The van der Waals surface area contributed by atoms with E-state index in [2.05, 4.69) is 11.7 Å². The molecule has 0 saturated heterocycles. The summed E-state index contributed by atoms with van der Waals surface area (Å²) in [5, 5.41) is 9.79. The SMILES string of the molecule is CCCCCCCCCCCC(=O)OCC1=CC(=O)OC1(C)O. The Kier molecular flexibility index (Phi) is 8.92. The van der Waals surface area contributed by atoms with Gasteiger partial charge in [-0.25, -0.2) is 4.79 Å². The standard InChI is InChI=1S/C18H30O5/c1-3-4-5-6-7-8-9-10-11-12-16(19)22-14-15-13-17(20)23-18(15,2)21/h13,21H,3-12,14H2,1-2H3. The summed E-state index contributed by atoms with van der Waals surface area (Å²) in [7, 11) is 0. The lowest BCUT2D eigenvalue weighted by Gasteiger charge is -2.19. The van der Waals surface area contributed by atoms with Crippen LogP contribution in [0.5, 0.6) is 0 Å². The number of cyclic esters (lactones) is 1. The number of carbonyl (C=O) groups excluding carboxylic acids is 2. The molecule has 0 aromatic heterocycles. The Bertz CT molecular complexity index is 412. The van der Waals surface area contributed by atoms with Crippen molar-refractivity contribution in [3.05, 3.63) is 11.6 Å². The lowest BCUT2D eigenvalue weighted by Crippen LogP contribution is -2.29. The maximum Gasteiger partial charge on any atom is 0.333 e. The quantitative estimate of drug-likeness (QED) is 0.438. The smallest absolute Gasteiger partial charge is 0.333 e. The van der Waals surface area contributed by atoms with Crippen molar-refractivity contribution in [2.75, 3.05) is 6.61 Å². The van der Waals surface area contributed by atoms with Crippen LogP contribution in [0.25, 0.3) is 0 Å². The Morgan fingerprint density at radius 1 is 1.13 bits per heavy atom. The summed E-state index contributed by atoms with van der Waals surface area (Å²) in [4.78, 5) is 22.7. The number of ether oxygens (including phenoxy) is 2. The second-order valence-corrected chi connectivity index (χ2v) is 6.31. The van der Waals surface area contributed by atoms with Crippen LogP contribution in [-0.2, 0) is 19.1 Å². The van der Waals surface area contributed by atoms with Crippen molar-refractivity contribution in [1.82, 2.24) is 0 Å². The maximum absolute atomic E-state index is 11.6. The van der Waals surface area contributed by atoms with E-state index in [-0.39, 0.29) is 18.1 Å². The second-order valence-electron chi connectivity index (χ2n) is 6.31. The Morgan fingerprint density at radius 3 is 2.22 bits per heavy atom. The van der Waals surface area contributed by atoms with Crippen molar-refractivity contribution in [2.45, 2.75) is 83.8 Å². The molecule has 1 atom stereocenters. The van der Waals surface area contributed by atoms with Crippen LogP contribution in [0.2, 0.25) is 0 Å². The summed E-state index contributed by atoms with van der Waals surface area (Å²) in [6.07, 6.45) is 12.3. The Balaban J connectivity index is 2.01. The van der Waals surface area contributed by atoms with E-state index in [1.54, 1.807) is 0 Å². The molecule has 1 aliphatic rings. The Hall–Kier alpha value is -1.36. The van der Waals surface area contributed by atoms with Crippen LogP contribution < -0.4 is 0 Å². The molecule has 132 valence electrons. The number of hydrogen-bond donors (Lipinski definition) is 1. The van der Waals surface area contributed by atoms with Gasteiger partial charge >= 0.3 is 11.9 Å². The summed E-state index contributed by atoms with van der Waals surface area (Å²) < 4.78 is 9.77. The lowest BCUT2D eigenvalue weighted by atomic mass is 10.1. The minimum absolute atomic E-state index is 0.102. The summed E-state index contributed by atoms with van der Waals surface area (Å²) in [5.41, 5.74) is 0.280. The first-order valence-electron chi connectivity index (χ1n) is 8.77. The van der Waals surface area contributed by atoms with Gasteiger partial charge in [0.1, 0.15) is 6.61 Å². The molecular weight excluding hydrogens is 296 g/mol. The summed E-state index contributed by atoms with van der Waals surface area (Å²) in [5.74, 6) is -2.57. The highest BCUT2D eigenvalue weighted by atomic mass is 16.7. The number of rotatable bonds is 12. The molecule has 1 unspecified atom stereocenters. The molecule has 5 heteroatoms. The average molecular weight is 326 g/mol. The van der Waals surface area contributed by atoms with Gasteiger partial charge in [-0.15, -0.1) is 0 Å². The van der Waals surface area contributed by atoms with Gasteiger partial charge in [-0.2, -0.15) is 0 Å². The van der Waals surface area contributed by atoms with Crippen LogP contribution in [0.4, 0.5) is 0 Å². The molecule has 0 radical (unpaired) electrons. The minimum Gasteiger partial charge on any atom is -0.461 e. The average Bonchev–Trinajstić information content (AvgIpc) is 2.75. The van der Waals surface area contributed by atoms with Gasteiger partial charge in [0.05, 0.1) is 0 Å². The summed E-state index contributed by atoms with van der Waals surface area (Å²) >= 11 is 0. The minimum atomic E-state index is -1.66. The van der Waals surface area contributed by atoms with Crippen LogP contribution in [-0.4, -0.2) is 29.4 Å². The molecule has 23 heavy (non-hydrogen) atoms. The fourth-order valence-corrected chi connectivity index (χ4v) is 2.55. The molecule has 0 saturated carbocycles. The van der Waals surface area contributed by atoms with Crippen molar-refractivity contribution < 1.29 is 24.2 Å². The first kappa shape index (κ1) is 19.7. The van der Waals surface area contributed by atoms with E-state index in [0.29, 0.717) is 6.42 Å². The Morgan fingerprint density at radius 2 is 1.70 bits per heavy atom. The first-order valence-corrected chi connectivity index (χ1v) is 8.77. The van der Waals surface area contributed by atoms with Crippen molar-refractivity contribution >= 4 is 11.9 Å². The molecule has 1 rings (SSSR count). The third-order valence-electron chi connectivity index (χ3n) is 4.06. The van der Waals surface area contributed by atoms with Crippen molar-refractivity contribution in [3.63, 3.8) is 0 Å². The Labute approximate surface area is 139 Å². The highest BCUT2D eigenvalue weighted by molar-refractivity contribution is 5.86. The molecule has 0 amide bonds. The van der Waals surface area contributed by atoms with E-state index in [0.717, 1.165) is 19.3 Å². The van der Waals surface area contributed by atoms with Gasteiger partial charge in [0, 0.05) is 25.0 Å². The zero-order valence-electron chi connectivity index (χ0n) is 14.4. The first-order chi connectivity index (χ1) is 11.0. The van der Waals surface area contributed by atoms with E-state index < -0.39 is 11.8 Å². The number of carbonyl (C=O) groups is 2. The van der Waals surface area contributed by atoms with Crippen LogP contribution in [0.15, 0.2) is 11.6 Å². The molecule has 0 fully saturated rings. The lowest BCUT2D eigenvalue weighted by molar-refractivity contribution is -0.176. The molecule has 1 heterocycles. The van der Waals surface area contributed by atoms with Gasteiger partial charge in [-0.3, -0.25) is 4.79 Å². The van der Waals surface area contributed by atoms with E-state index in [1.165, 1.54) is 51.5 Å². The fraction of sp³-hybridized carbons (Fsp3) is 0.778. The number of aliphatic hydroxyl groups is 1. The maximum atomic E-state index is 11.6. The van der Waals surface area contributed by atoms with Crippen LogP contribution in [0, 0.1) is 0 Å². The van der Waals surface area contributed by atoms with Crippen LogP contribution in [0.1, 0.15) is 78.1 Å². The fourth-order valence-electron chi connectivity index (χ4n) is 2.55. The van der Waals surface area contributed by atoms with Gasteiger partial charge in [-0.1, -0.05) is 58.3 Å². The van der Waals surface area contributed by atoms with E-state index in [1.807, 2.05) is 0 Å². The second kappa shape index (κ2) is 10.4. The summed E-state index contributed by atoms with van der Waals surface area (Å²) in [6.45, 7) is 3.47. The van der Waals surface area contributed by atoms with E-state index in [4.69, 9.17) is 4.74 Å². The number of hydrogen-bond acceptors (Lipinski definition) is 5. The summed E-state index contributed by atoms with van der Waals surface area (Å²) in [6, 6.07) is 0. The zero-order chi connectivity index (χ0) is 17.1. The molecule has 0 spiro atoms. The number of esters is 2. The third kappa shape index (κ3) is 8.16. The van der Waals surface area contributed by atoms with Crippen LogP contribution in [0.3, 0.4) is 0 Å². The molecule has 5 nitrogen and oxygen atoms in total. The normalized spacial score (nSPS) is 20.3. The molecule has 0 bridgehead atoms. The van der Waals surface area contributed by atoms with Crippen molar-refractivity contribution in [1.29, 1.82) is 0 Å². The molecule has 1 N–H and O–H groups in total. The highest BCUT2D eigenvalue weighted by Gasteiger charge is 2.37.